The van der Waals surface area contributed by atoms with Crippen molar-refractivity contribution in [3.8, 4) is 0 Å². The summed E-state index contributed by atoms with van der Waals surface area (Å²) in [5.41, 5.74) is 0.855. The topological polar surface area (TPSA) is 72.5 Å². The van der Waals surface area contributed by atoms with Crippen LogP contribution in [0.4, 0.5) is 0 Å². The van der Waals surface area contributed by atoms with E-state index >= 15 is 0 Å². The average molecular weight is 364 g/mol. The third kappa shape index (κ3) is 6.02. The van der Waals surface area contributed by atoms with Crippen LogP contribution in [0.2, 0.25) is 0 Å². The Morgan fingerprint density at radius 2 is 1.95 bits per heavy atom. The van der Waals surface area contributed by atoms with Crippen LogP contribution in [-0.4, -0.2) is 26.7 Å². The molecule has 7 heteroatoms. The van der Waals surface area contributed by atoms with Crippen LogP contribution >= 0.6 is 15.9 Å². The van der Waals surface area contributed by atoms with Crippen LogP contribution in [0.5, 0.6) is 0 Å². The summed E-state index contributed by atoms with van der Waals surface area (Å²) in [5.74, 6) is -0.777. The molecule has 0 saturated carbocycles. The molecule has 1 atom stereocenters. The van der Waals surface area contributed by atoms with Crippen molar-refractivity contribution in [3.05, 3.63) is 34.3 Å². The number of benzene rings is 1. The highest BCUT2D eigenvalue weighted by molar-refractivity contribution is 9.10. The zero-order valence-electron chi connectivity index (χ0n) is 11.4. The predicted octanol–water partition coefficient (Wildman–Crippen LogP) is 2.38. The number of esters is 1. The third-order valence-corrected chi connectivity index (χ3v) is 4.59. The SMILES string of the molecule is CCOC(=O)CCS(=O)(=O)NC(C)c1ccc(Br)cc1. The summed E-state index contributed by atoms with van der Waals surface area (Å²) in [4.78, 5) is 11.2. The Morgan fingerprint density at radius 1 is 1.35 bits per heavy atom. The van der Waals surface area contributed by atoms with Crippen molar-refractivity contribution in [1.29, 1.82) is 0 Å². The number of halogens is 1. The number of sulfonamides is 1. The van der Waals surface area contributed by atoms with Crippen LogP contribution in [0.3, 0.4) is 0 Å². The third-order valence-electron chi connectivity index (χ3n) is 2.61. The van der Waals surface area contributed by atoms with E-state index in [-0.39, 0.29) is 24.8 Å². The maximum absolute atomic E-state index is 11.9. The molecule has 1 N–H and O–H groups in total. The number of nitrogens with one attached hydrogen (secondary N) is 1. The van der Waals surface area contributed by atoms with Gasteiger partial charge in [0, 0.05) is 10.5 Å². The molecule has 0 heterocycles. The molecular weight excluding hydrogens is 346 g/mol. The molecule has 1 aromatic carbocycles. The maximum atomic E-state index is 11.9. The number of carbonyl (C=O) groups excluding carboxylic acids is 1. The summed E-state index contributed by atoms with van der Waals surface area (Å²) in [6.45, 7) is 3.69. The highest BCUT2D eigenvalue weighted by Gasteiger charge is 2.17. The zero-order valence-corrected chi connectivity index (χ0v) is 13.8. The molecule has 0 aromatic heterocycles. The molecule has 5 nitrogen and oxygen atoms in total. The van der Waals surface area contributed by atoms with Gasteiger partial charge in [0.15, 0.2) is 0 Å². The van der Waals surface area contributed by atoms with Gasteiger partial charge in [-0.3, -0.25) is 4.79 Å². The quantitative estimate of drug-likeness (QED) is 0.754. The van der Waals surface area contributed by atoms with Crippen molar-refractivity contribution in [1.82, 2.24) is 4.72 Å². The first-order valence-corrected chi connectivity index (χ1v) is 8.69. The first-order chi connectivity index (χ1) is 9.34. The maximum Gasteiger partial charge on any atom is 0.306 e. The molecule has 0 saturated heterocycles. The van der Waals surface area contributed by atoms with E-state index < -0.39 is 16.0 Å². The lowest BCUT2D eigenvalue weighted by molar-refractivity contribution is -0.142. The Kier molecular flexibility index (Phi) is 6.64. The largest absolute Gasteiger partial charge is 0.466 e. The van der Waals surface area contributed by atoms with E-state index in [9.17, 15) is 13.2 Å². The molecule has 1 unspecified atom stereocenters. The minimum Gasteiger partial charge on any atom is -0.466 e. The summed E-state index contributed by atoms with van der Waals surface area (Å²) < 4.78 is 31.9. The molecule has 0 aliphatic carbocycles. The molecule has 0 spiro atoms. The number of carbonyl (C=O) groups is 1. The van der Waals surface area contributed by atoms with Crippen LogP contribution in [0, 0.1) is 0 Å². The van der Waals surface area contributed by atoms with Gasteiger partial charge in [0.2, 0.25) is 10.0 Å². The van der Waals surface area contributed by atoms with Crippen LogP contribution in [0.25, 0.3) is 0 Å². The van der Waals surface area contributed by atoms with Gasteiger partial charge in [-0.2, -0.15) is 0 Å². The van der Waals surface area contributed by atoms with Crippen LogP contribution < -0.4 is 4.72 Å². The van der Waals surface area contributed by atoms with Gasteiger partial charge in [0.1, 0.15) is 0 Å². The smallest absolute Gasteiger partial charge is 0.306 e. The van der Waals surface area contributed by atoms with E-state index in [2.05, 4.69) is 20.7 Å². The van der Waals surface area contributed by atoms with Crippen molar-refractivity contribution < 1.29 is 17.9 Å². The van der Waals surface area contributed by atoms with Crippen molar-refractivity contribution in [3.63, 3.8) is 0 Å². The normalized spacial score (nSPS) is 12.9. The fraction of sp³-hybridized carbons (Fsp3) is 0.462. The molecular formula is C13H18BrNO4S. The standard InChI is InChI=1S/C13H18BrNO4S/c1-3-19-13(16)8-9-20(17,18)15-10(2)11-4-6-12(14)7-5-11/h4-7,10,15H,3,8-9H2,1-2H3. The lowest BCUT2D eigenvalue weighted by atomic mass is 10.1. The Balaban J connectivity index is 2.57. The molecule has 1 rings (SSSR count). The molecule has 0 amide bonds. The lowest BCUT2D eigenvalue weighted by Crippen LogP contribution is -2.30. The minimum absolute atomic E-state index is 0.143. The Hall–Kier alpha value is -0.920. The molecule has 1 aromatic rings. The van der Waals surface area contributed by atoms with Gasteiger partial charge in [-0.15, -0.1) is 0 Å². The molecule has 20 heavy (non-hydrogen) atoms. The second-order valence-corrected chi connectivity index (χ2v) is 7.05. The summed E-state index contributed by atoms with van der Waals surface area (Å²) >= 11 is 3.32. The molecule has 0 aliphatic heterocycles. The van der Waals surface area contributed by atoms with E-state index in [1.807, 2.05) is 24.3 Å². The van der Waals surface area contributed by atoms with Crippen molar-refractivity contribution in [2.24, 2.45) is 0 Å². The molecule has 112 valence electrons. The van der Waals surface area contributed by atoms with Gasteiger partial charge in [-0.05, 0) is 31.5 Å². The van der Waals surface area contributed by atoms with Gasteiger partial charge in [0.25, 0.3) is 0 Å². The average Bonchev–Trinajstić information content (AvgIpc) is 2.37. The summed E-state index contributed by atoms with van der Waals surface area (Å²) in [6.07, 6.45) is -0.143. The van der Waals surface area contributed by atoms with Crippen LogP contribution in [-0.2, 0) is 19.6 Å². The first-order valence-electron chi connectivity index (χ1n) is 6.25. The Morgan fingerprint density at radius 3 is 2.50 bits per heavy atom. The number of hydrogen-bond donors (Lipinski definition) is 1. The van der Waals surface area contributed by atoms with Gasteiger partial charge < -0.3 is 4.74 Å². The summed E-state index contributed by atoms with van der Waals surface area (Å²) in [7, 11) is -3.52. The van der Waals surface area contributed by atoms with Gasteiger partial charge in [-0.25, -0.2) is 13.1 Å². The van der Waals surface area contributed by atoms with Crippen molar-refractivity contribution in [2.75, 3.05) is 12.4 Å². The highest BCUT2D eigenvalue weighted by Crippen LogP contribution is 2.17. The summed E-state index contributed by atoms with van der Waals surface area (Å²) in [5, 5.41) is 0. The Bertz CT molecular complexity index is 542. The number of hydrogen-bond acceptors (Lipinski definition) is 4. The van der Waals surface area contributed by atoms with Crippen LogP contribution in [0.15, 0.2) is 28.7 Å². The second-order valence-electron chi connectivity index (χ2n) is 4.26. The summed E-state index contributed by atoms with van der Waals surface area (Å²) in [6, 6.07) is 7.01. The molecule has 0 aliphatic rings. The zero-order chi connectivity index (χ0) is 15.2. The van der Waals surface area contributed by atoms with E-state index in [0.29, 0.717) is 0 Å². The van der Waals surface area contributed by atoms with Gasteiger partial charge in [-0.1, -0.05) is 28.1 Å². The predicted molar refractivity (Wildman–Crippen MR) is 80.7 cm³/mol. The van der Waals surface area contributed by atoms with Crippen molar-refractivity contribution >= 4 is 31.9 Å². The monoisotopic (exact) mass is 363 g/mol. The Labute approximate surface area is 127 Å². The lowest BCUT2D eigenvalue weighted by Gasteiger charge is -2.14. The van der Waals surface area contributed by atoms with Gasteiger partial charge in [0.05, 0.1) is 18.8 Å². The van der Waals surface area contributed by atoms with Crippen LogP contribution in [0.1, 0.15) is 31.9 Å². The molecule has 0 bridgehead atoms. The van der Waals surface area contributed by atoms with Gasteiger partial charge >= 0.3 is 5.97 Å². The minimum atomic E-state index is -3.52. The van der Waals surface area contributed by atoms with E-state index in [4.69, 9.17) is 4.74 Å². The fourth-order valence-electron chi connectivity index (χ4n) is 1.60. The highest BCUT2D eigenvalue weighted by atomic mass is 79.9. The number of rotatable bonds is 7. The molecule has 0 radical (unpaired) electrons. The van der Waals surface area contributed by atoms with Crippen molar-refractivity contribution in [2.45, 2.75) is 26.3 Å². The fourth-order valence-corrected chi connectivity index (χ4v) is 3.09. The molecule has 0 fully saturated rings. The number of ether oxygens (including phenoxy) is 1. The first kappa shape index (κ1) is 17.1. The van der Waals surface area contributed by atoms with E-state index in [0.717, 1.165) is 10.0 Å². The second kappa shape index (κ2) is 7.75. The van der Waals surface area contributed by atoms with E-state index in [1.54, 1.807) is 13.8 Å². The van der Waals surface area contributed by atoms with E-state index in [1.165, 1.54) is 0 Å².